The van der Waals surface area contributed by atoms with Gasteiger partial charge in [0.2, 0.25) is 0 Å². The number of hydrogen-bond donors (Lipinski definition) is 0. The minimum atomic E-state index is -5.07. The van der Waals surface area contributed by atoms with Crippen molar-refractivity contribution >= 4 is 5.91 Å². The van der Waals surface area contributed by atoms with E-state index in [0.717, 1.165) is 5.56 Å². The van der Waals surface area contributed by atoms with E-state index in [1.54, 1.807) is 35.2 Å². The Kier molecular flexibility index (Phi) is 6.58. The van der Waals surface area contributed by atoms with Crippen molar-refractivity contribution in [1.29, 1.82) is 0 Å². The van der Waals surface area contributed by atoms with Gasteiger partial charge in [-0.25, -0.2) is 8.78 Å². The minimum Gasteiger partial charge on any atom is -0.338 e. The first kappa shape index (κ1) is 25.4. The molecule has 0 spiro atoms. The molecule has 2 heterocycles. The lowest BCUT2D eigenvalue weighted by atomic mass is 9.84. The largest absolute Gasteiger partial charge is 0.416 e. The van der Waals surface area contributed by atoms with Crippen molar-refractivity contribution in [2.75, 3.05) is 26.2 Å². The van der Waals surface area contributed by atoms with E-state index >= 15 is 0 Å². The Labute approximate surface area is 196 Å². The molecule has 1 amide bonds. The third-order valence-electron chi connectivity index (χ3n) is 6.59. The average Bonchev–Trinajstić information content (AvgIpc) is 3.16. The number of amides is 1. The summed E-state index contributed by atoms with van der Waals surface area (Å²) < 4.78 is 107. The minimum absolute atomic E-state index is 0.0203. The first-order chi connectivity index (χ1) is 16.2. The number of likely N-dealkylation sites (tertiary alicyclic amines) is 2. The summed E-state index contributed by atoms with van der Waals surface area (Å²) >= 11 is 0. The average molecular weight is 506 g/mol. The first-order valence-electron chi connectivity index (χ1n) is 11.0. The lowest BCUT2D eigenvalue weighted by Crippen LogP contribution is -2.51. The molecule has 2 atom stereocenters. The summed E-state index contributed by atoms with van der Waals surface area (Å²) in [4.78, 5) is 16.0. The van der Waals surface area contributed by atoms with E-state index in [1.165, 1.54) is 4.90 Å². The molecule has 0 radical (unpaired) electrons. The number of rotatable bonds is 3. The number of alkyl halides is 8. The first-order valence-corrected chi connectivity index (χ1v) is 11.0. The molecule has 0 unspecified atom stereocenters. The van der Waals surface area contributed by atoms with Gasteiger partial charge in [0.15, 0.2) is 0 Å². The molecule has 0 N–H and O–H groups in total. The number of halogens is 8. The van der Waals surface area contributed by atoms with Crippen LogP contribution < -0.4 is 0 Å². The Balaban J connectivity index is 1.64. The van der Waals surface area contributed by atoms with Crippen LogP contribution in [0.2, 0.25) is 0 Å². The number of nitrogens with zero attached hydrogens (tertiary/aromatic N) is 2. The summed E-state index contributed by atoms with van der Waals surface area (Å²) in [5.41, 5.74) is -3.09. The highest BCUT2D eigenvalue weighted by Gasteiger charge is 2.45. The Morgan fingerprint density at radius 1 is 0.886 bits per heavy atom. The number of carbonyl (C=O) groups excluding carboxylic acids is 1. The molecule has 0 saturated carbocycles. The Bertz CT molecular complexity index is 1040. The van der Waals surface area contributed by atoms with E-state index in [9.17, 15) is 39.9 Å². The number of carbonyl (C=O) groups is 1. The summed E-state index contributed by atoms with van der Waals surface area (Å²) in [6.45, 7) is -0.269. The van der Waals surface area contributed by atoms with Crippen LogP contribution in [-0.2, 0) is 12.4 Å². The molecule has 2 fully saturated rings. The lowest BCUT2D eigenvalue weighted by Gasteiger charge is -2.43. The third-order valence-corrected chi connectivity index (χ3v) is 6.59. The standard InChI is InChI=1S/C24H22F8N2O/c25-22(26)7-9-34(14-22)20-6-8-33(13-19(20)15-4-2-1-3-5-15)21(35)16-10-17(23(27,28)29)12-18(11-16)24(30,31)32/h1-5,10-12,19-20H,6-9,13-14H2/t19-,20-/m1/s1. The van der Waals surface area contributed by atoms with Gasteiger partial charge < -0.3 is 4.90 Å². The van der Waals surface area contributed by atoms with Crippen molar-refractivity contribution in [3.8, 4) is 0 Å². The van der Waals surface area contributed by atoms with E-state index in [2.05, 4.69) is 0 Å². The molecule has 3 nitrogen and oxygen atoms in total. The van der Waals surface area contributed by atoms with Crippen LogP contribution in [0.15, 0.2) is 48.5 Å². The van der Waals surface area contributed by atoms with Gasteiger partial charge in [0.1, 0.15) is 0 Å². The van der Waals surface area contributed by atoms with Crippen molar-refractivity contribution in [1.82, 2.24) is 9.80 Å². The fraction of sp³-hybridized carbons (Fsp3) is 0.458. The highest BCUT2D eigenvalue weighted by atomic mass is 19.4. The zero-order valence-electron chi connectivity index (χ0n) is 18.3. The predicted molar refractivity (Wildman–Crippen MR) is 111 cm³/mol. The van der Waals surface area contributed by atoms with Gasteiger partial charge in [-0.15, -0.1) is 0 Å². The van der Waals surface area contributed by atoms with Crippen molar-refractivity contribution in [2.45, 2.75) is 43.1 Å². The van der Waals surface area contributed by atoms with Crippen LogP contribution in [0.1, 0.15) is 45.8 Å². The normalized spacial score (nSPS) is 23.5. The van der Waals surface area contributed by atoms with Gasteiger partial charge in [-0.1, -0.05) is 30.3 Å². The number of piperidine rings is 1. The molecule has 190 valence electrons. The molecule has 35 heavy (non-hydrogen) atoms. The molecule has 2 aliphatic heterocycles. The molecule has 0 bridgehead atoms. The van der Waals surface area contributed by atoms with E-state index < -0.39 is 53.3 Å². The van der Waals surface area contributed by atoms with Crippen LogP contribution >= 0.6 is 0 Å². The topological polar surface area (TPSA) is 23.6 Å². The van der Waals surface area contributed by atoms with Crippen LogP contribution in [0.4, 0.5) is 35.1 Å². The van der Waals surface area contributed by atoms with Crippen molar-refractivity contribution in [3.63, 3.8) is 0 Å². The second kappa shape index (κ2) is 9.07. The van der Waals surface area contributed by atoms with Gasteiger partial charge in [-0.3, -0.25) is 9.69 Å². The molecule has 2 aromatic carbocycles. The second-order valence-electron chi connectivity index (χ2n) is 9.00. The van der Waals surface area contributed by atoms with Gasteiger partial charge in [0, 0.05) is 43.6 Å². The Morgan fingerprint density at radius 2 is 1.49 bits per heavy atom. The fourth-order valence-electron chi connectivity index (χ4n) is 4.90. The van der Waals surface area contributed by atoms with Gasteiger partial charge in [0.25, 0.3) is 11.8 Å². The fourth-order valence-corrected chi connectivity index (χ4v) is 4.90. The zero-order chi connectivity index (χ0) is 25.6. The maximum absolute atomic E-state index is 13.9. The SMILES string of the molecule is O=C(c1cc(C(F)(F)F)cc(C(F)(F)F)c1)N1CC[C@@H](N2CCC(F)(F)C2)[C@@H](c2ccccc2)C1. The van der Waals surface area contributed by atoms with E-state index in [1.807, 2.05) is 0 Å². The highest BCUT2D eigenvalue weighted by Crippen LogP contribution is 2.39. The quantitative estimate of drug-likeness (QED) is 0.473. The van der Waals surface area contributed by atoms with E-state index in [0.29, 0.717) is 12.1 Å². The van der Waals surface area contributed by atoms with Crippen LogP contribution in [-0.4, -0.2) is 53.9 Å². The van der Waals surface area contributed by atoms with Crippen molar-refractivity contribution in [2.24, 2.45) is 0 Å². The molecule has 0 aromatic heterocycles. The smallest absolute Gasteiger partial charge is 0.338 e. The monoisotopic (exact) mass is 506 g/mol. The number of hydrogen-bond acceptors (Lipinski definition) is 2. The summed E-state index contributed by atoms with van der Waals surface area (Å²) in [5, 5.41) is 0. The van der Waals surface area contributed by atoms with Gasteiger partial charge in [0.05, 0.1) is 17.7 Å². The van der Waals surface area contributed by atoms with Crippen molar-refractivity contribution < 1.29 is 39.9 Å². The summed E-state index contributed by atoms with van der Waals surface area (Å²) in [5.74, 6) is -4.23. The maximum Gasteiger partial charge on any atom is 0.416 e. The van der Waals surface area contributed by atoms with Crippen LogP contribution in [0.5, 0.6) is 0 Å². The molecule has 0 aliphatic carbocycles. The molecular formula is C24H22F8N2O. The molecular weight excluding hydrogens is 484 g/mol. The van der Waals surface area contributed by atoms with Gasteiger partial charge in [-0.05, 0) is 30.2 Å². The van der Waals surface area contributed by atoms with Crippen LogP contribution in [0.3, 0.4) is 0 Å². The zero-order valence-corrected chi connectivity index (χ0v) is 18.3. The molecule has 2 aliphatic rings. The molecule has 2 aromatic rings. The predicted octanol–water partition coefficient (Wildman–Crippen LogP) is 6.06. The molecule has 2 saturated heterocycles. The molecule has 4 rings (SSSR count). The number of benzene rings is 2. The van der Waals surface area contributed by atoms with E-state index in [4.69, 9.17) is 0 Å². The summed E-state index contributed by atoms with van der Waals surface area (Å²) in [6.07, 6.45) is -10.2. The van der Waals surface area contributed by atoms with Gasteiger partial charge in [-0.2, -0.15) is 26.3 Å². The summed E-state index contributed by atoms with van der Waals surface area (Å²) in [7, 11) is 0. The van der Waals surface area contributed by atoms with E-state index in [-0.39, 0.29) is 44.6 Å². The third kappa shape index (κ3) is 5.60. The highest BCUT2D eigenvalue weighted by molar-refractivity contribution is 5.95. The van der Waals surface area contributed by atoms with Crippen LogP contribution in [0.25, 0.3) is 0 Å². The Morgan fingerprint density at radius 3 is 2.00 bits per heavy atom. The Hall–Kier alpha value is -2.69. The maximum atomic E-state index is 13.9. The lowest BCUT2D eigenvalue weighted by molar-refractivity contribution is -0.143. The summed E-state index contributed by atoms with van der Waals surface area (Å²) in [6, 6.07) is 9.26. The van der Waals surface area contributed by atoms with Crippen LogP contribution in [0, 0.1) is 0 Å². The second-order valence-corrected chi connectivity index (χ2v) is 9.00. The van der Waals surface area contributed by atoms with Crippen molar-refractivity contribution in [3.05, 3.63) is 70.8 Å². The molecule has 11 heteroatoms. The van der Waals surface area contributed by atoms with Gasteiger partial charge >= 0.3 is 12.4 Å².